The fraction of sp³-hybridized carbons (Fsp3) is 0.654. The minimum absolute atomic E-state index is 0.291. The molecule has 0 radical (unpaired) electrons. The van der Waals surface area contributed by atoms with Gasteiger partial charge < -0.3 is 24.6 Å². The van der Waals surface area contributed by atoms with Crippen LogP contribution in [0.4, 0.5) is 0 Å². The number of nitrogens with one attached hydrogen (secondary N) is 1. The van der Waals surface area contributed by atoms with E-state index in [4.69, 9.17) is 9.47 Å². The first-order valence-electron chi connectivity index (χ1n) is 12.4. The molecule has 1 N–H and O–H groups in total. The van der Waals surface area contributed by atoms with E-state index in [0.29, 0.717) is 18.4 Å². The van der Waals surface area contributed by atoms with E-state index in [2.05, 4.69) is 42.3 Å². The molecule has 0 saturated carbocycles. The molecular weight excluding hydrogens is 402 g/mol. The van der Waals surface area contributed by atoms with E-state index in [1.807, 2.05) is 4.90 Å². The van der Waals surface area contributed by atoms with Crippen LogP contribution >= 0.6 is 0 Å². The summed E-state index contributed by atoms with van der Waals surface area (Å²) in [5.74, 6) is 2.10. The fourth-order valence-corrected chi connectivity index (χ4v) is 4.52. The Hall–Kier alpha value is -2.05. The summed E-state index contributed by atoms with van der Waals surface area (Å²) in [5.41, 5.74) is 1.39. The number of carbonyl (C=O) groups excluding carboxylic acids is 1. The maximum absolute atomic E-state index is 12.2. The van der Waals surface area contributed by atoms with Crippen molar-refractivity contribution in [1.82, 2.24) is 15.1 Å². The number of hydrogen-bond donors (Lipinski definition) is 1. The molecule has 0 aromatic carbocycles. The Morgan fingerprint density at radius 3 is 2.84 bits per heavy atom. The summed E-state index contributed by atoms with van der Waals surface area (Å²) in [5, 5.41) is 3.30. The summed E-state index contributed by atoms with van der Waals surface area (Å²) in [6, 6.07) is 0.380. The Labute approximate surface area is 194 Å². The van der Waals surface area contributed by atoms with Gasteiger partial charge in [-0.1, -0.05) is 30.7 Å². The molecule has 3 rings (SSSR count). The Kier molecular flexibility index (Phi) is 10.4. The lowest BCUT2D eigenvalue weighted by Gasteiger charge is -2.30. The van der Waals surface area contributed by atoms with E-state index in [-0.39, 0.29) is 0 Å². The van der Waals surface area contributed by atoms with Crippen LogP contribution in [0.15, 0.2) is 47.8 Å². The second kappa shape index (κ2) is 13.5. The van der Waals surface area contributed by atoms with Crippen molar-refractivity contribution in [3.05, 3.63) is 47.8 Å². The topological polar surface area (TPSA) is 54.0 Å². The number of nitrogens with zero attached hydrogens (tertiary/aromatic N) is 2. The van der Waals surface area contributed by atoms with Crippen LogP contribution in [0.5, 0.6) is 0 Å². The average molecular weight is 444 g/mol. The van der Waals surface area contributed by atoms with Gasteiger partial charge in [-0.2, -0.15) is 0 Å². The molecule has 0 bridgehead atoms. The first-order valence-corrected chi connectivity index (χ1v) is 12.4. The van der Waals surface area contributed by atoms with Crippen LogP contribution in [0.1, 0.15) is 65.2 Å². The van der Waals surface area contributed by atoms with Crippen molar-refractivity contribution in [3.8, 4) is 0 Å². The molecular formula is C26H41N3O3. The summed E-state index contributed by atoms with van der Waals surface area (Å²) in [4.78, 5) is 16.7. The number of hydrogen-bond acceptors (Lipinski definition) is 5. The van der Waals surface area contributed by atoms with Crippen molar-refractivity contribution in [3.63, 3.8) is 0 Å². The van der Waals surface area contributed by atoms with Gasteiger partial charge in [0, 0.05) is 51.5 Å². The van der Waals surface area contributed by atoms with Gasteiger partial charge >= 0.3 is 0 Å². The fourth-order valence-electron chi connectivity index (χ4n) is 4.52. The van der Waals surface area contributed by atoms with Gasteiger partial charge in [0.15, 0.2) is 0 Å². The third-order valence-electron chi connectivity index (χ3n) is 6.34. The van der Waals surface area contributed by atoms with E-state index in [0.717, 1.165) is 95.7 Å². The zero-order valence-corrected chi connectivity index (χ0v) is 20.0. The number of unbranched alkanes of at least 4 members (excludes halogenated alkanes) is 1. The van der Waals surface area contributed by atoms with Gasteiger partial charge in [0.2, 0.25) is 5.91 Å². The molecule has 1 saturated heterocycles. The Balaban J connectivity index is 1.41. The van der Waals surface area contributed by atoms with E-state index in [1.165, 1.54) is 5.57 Å². The van der Waals surface area contributed by atoms with Crippen LogP contribution in [0.2, 0.25) is 0 Å². The molecule has 1 fully saturated rings. The van der Waals surface area contributed by atoms with Crippen molar-refractivity contribution in [2.24, 2.45) is 0 Å². The predicted molar refractivity (Wildman–Crippen MR) is 129 cm³/mol. The van der Waals surface area contributed by atoms with Crippen molar-refractivity contribution in [1.29, 1.82) is 0 Å². The van der Waals surface area contributed by atoms with Gasteiger partial charge in [0.25, 0.3) is 0 Å². The molecule has 3 aliphatic rings. The summed E-state index contributed by atoms with van der Waals surface area (Å²) >= 11 is 0. The zero-order valence-electron chi connectivity index (χ0n) is 20.0. The molecule has 6 heteroatoms. The molecule has 6 nitrogen and oxygen atoms in total. The first kappa shape index (κ1) is 24.6. The molecule has 0 aromatic rings. The van der Waals surface area contributed by atoms with Crippen molar-refractivity contribution in [2.45, 2.75) is 71.3 Å². The van der Waals surface area contributed by atoms with Gasteiger partial charge in [-0.3, -0.25) is 4.79 Å². The number of ether oxygens (including phenoxy) is 2. The van der Waals surface area contributed by atoms with Crippen LogP contribution in [-0.2, 0) is 14.3 Å². The molecule has 1 unspecified atom stereocenters. The van der Waals surface area contributed by atoms with Gasteiger partial charge in [-0.15, -0.1) is 0 Å². The van der Waals surface area contributed by atoms with Crippen LogP contribution in [0.3, 0.4) is 0 Å². The third-order valence-corrected chi connectivity index (χ3v) is 6.34. The highest BCUT2D eigenvalue weighted by molar-refractivity contribution is 5.76. The lowest BCUT2D eigenvalue weighted by molar-refractivity contribution is -0.130. The molecule has 178 valence electrons. The molecule has 32 heavy (non-hydrogen) atoms. The van der Waals surface area contributed by atoms with Gasteiger partial charge in [-0.25, -0.2) is 0 Å². The molecule has 1 atom stereocenters. The maximum Gasteiger partial charge on any atom is 0.223 e. The minimum Gasteiger partial charge on any atom is -0.466 e. The second-order valence-electron chi connectivity index (χ2n) is 9.05. The molecule has 2 heterocycles. The summed E-state index contributed by atoms with van der Waals surface area (Å²) in [6.07, 6.45) is 17.8. The zero-order chi connectivity index (χ0) is 22.6. The predicted octanol–water partition coefficient (Wildman–Crippen LogP) is 4.48. The van der Waals surface area contributed by atoms with E-state index < -0.39 is 0 Å². The minimum atomic E-state index is 0.291. The van der Waals surface area contributed by atoms with Crippen molar-refractivity contribution >= 4 is 5.91 Å². The van der Waals surface area contributed by atoms with Crippen LogP contribution in [-0.4, -0.2) is 61.0 Å². The highest BCUT2D eigenvalue weighted by atomic mass is 16.5. The Morgan fingerprint density at radius 2 is 2.03 bits per heavy atom. The highest BCUT2D eigenvalue weighted by Gasteiger charge is 2.20. The lowest BCUT2D eigenvalue weighted by Crippen LogP contribution is -2.36. The number of rotatable bonds is 12. The average Bonchev–Trinajstić information content (AvgIpc) is 3.00. The Morgan fingerprint density at radius 1 is 1.16 bits per heavy atom. The summed E-state index contributed by atoms with van der Waals surface area (Å²) < 4.78 is 11.8. The third kappa shape index (κ3) is 8.14. The van der Waals surface area contributed by atoms with Gasteiger partial charge in [-0.05, 0) is 52.1 Å². The normalized spacial score (nSPS) is 20.2. The Bertz CT molecular complexity index is 726. The van der Waals surface area contributed by atoms with E-state index in [9.17, 15) is 4.79 Å². The van der Waals surface area contributed by atoms with Gasteiger partial charge in [0.05, 0.1) is 0 Å². The van der Waals surface area contributed by atoms with E-state index >= 15 is 0 Å². The molecule has 0 spiro atoms. The largest absolute Gasteiger partial charge is 0.466 e. The van der Waals surface area contributed by atoms with Crippen LogP contribution < -0.4 is 5.32 Å². The quantitative estimate of drug-likeness (QED) is 0.451. The summed E-state index contributed by atoms with van der Waals surface area (Å²) in [7, 11) is 0. The SMILES string of the molecule is CCCN(CCCCN1CCNCCC1=O)C(C)CC1=COC=C(CC2=CC=CCC2)O1. The smallest absolute Gasteiger partial charge is 0.223 e. The molecule has 1 amide bonds. The number of carbonyl (C=O) groups is 1. The van der Waals surface area contributed by atoms with E-state index in [1.54, 1.807) is 12.5 Å². The van der Waals surface area contributed by atoms with Crippen LogP contribution in [0.25, 0.3) is 0 Å². The monoisotopic (exact) mass is 443 g/mol. The molecule has 1 aliphatic carbocycles. The van der Waals surface area contributed by atoms with Crippen molar-refractivity contribution in [2.75, 3.05) is 39.3 Å². The maximum atomic E-state index is 12.2. The standard InChI is InChI=1S/C26H41N3O3/c1-3-14-28(15-7-8-16-29-17-13-27-12-11-26(29)30)22(2)18-24-20-31-21-25(32-24)19-23-9-5-4-6-10-23/h4-5,9,20-22,27H,3,6-8,10-19H2,1-2H3. The second-order valence-corrected chi connectivity index (χ2v) is 9.05. The molecule has 0 aromatic heterocycles. The summed E-state index contributed by atoms with van der Waals surface area (Å²) in [6.45, 7) is 10.1. The van der Waals surface area contributed by atoms with Crippen molar-refractivity contribution < 1.29 is 14.3 Å². The first-order chi connectivity index (χ1) is 15.7. The lowest BCUT2D eigenvalue weighted by atomic mass is 10.0. The van der Waals surface area contributed by atoms with Gasteiger partial charge in [0.1, 0.15) is 24.0 Å². The number of allylic oxidation sites excluding steroid dienone is 4. The van der Waals surface area contributed by atoms with Crippen LogP contribution in [0, 0.1) is 0 Å². The molecule has 2 aliphatic heterocycles. The highest BCUT2D eigenvalue weighted by Crippen LogP contribution is 2.27. The number of amides is 1.